The van der Waals surface area contributed by atoms with Crippen LogP contribution in [0.1, 0.15) is 23.2 Å². The van der Waals surface area contributed by atoms with Crippen LogP contribution in [0.5, 0.6) is 0 Å². The van der Waals surface area contributed by atoms with E-state index in [1.807, 2.05) is 0 Å². The highest BCUT2D eigenvalue weighted by Crippen LogP contribution is 2.28. The first-order valence-corrected chi connectivity index (χ1v) is 7.39. The highest BCUT2D eigenvalue weighted by atomic mass is 35.5. The minimum atomic E-state index is -0.0901. The summed E-state index contributed by atoms with van der Waals surface area (Å²) in [5.41, 5.74) is 7.19. The number of hydrogen-bond acceptors (Lipinski definition) is 5. The van der Waals surface area contributed by atoms with Gasteiger partial charge in [-0.1, -0.05) is 6.07 Å². The molecule has 0 radical (unpaired) electrons. The molecule has 1 aromatic heterocycles. The van der Waals surface area contributed by atoms with Gasteiger partial charge in [-0.3, -0.25) is 4.79 Å². The van der Waals surface area contributed by atoms with Crippen LogP contribution in [-0.2, 0) is 0 Å². The highest BCUT2D eigenvalue weighted by molar-refractivity contribution is 6.04. The summed E-state index contributed by atoms with van der Waals surface area (Å²) in [5.74, 6) is 0.508. The molecule has 3 saturated heterocycles. The molecular weight excluding hydrogens is 304 g/mol. The summed E-state index contributed by atoms with van der Waals surface area (Å²) in [5, 5.41) is 3.16. The topological polar surface area (TPSA) is 84.4 Å². The quantitative estimate of drug-likeness (QED) is 0.878. The molecule has 2 aromatic rings. The predicted octanol–water partition coefficient (Wildman–Crippen LogP) is 1.66. The van der Waals surface area contributed by atoms with Crippen molar-refractivity contribution < 1.29 is 9.21 Å². The van der Waals surface area contributed by atoms with Gasteiger partial charge in [0.25, 0.3) is 11.9 Å². The van der Waals surface area contributed by atoms with Gasteiger partial charge in [0.1, 0.15) is 5.52 Å². The van der Waals surface area contributed by atoms with Crippen LogP contribution in [0.25, 0.3) is 11.1 Å². The second kappa shape index (κ2) is 5.78. The van der Waals surface area contributed by atoms with E-state index in [9.17, 15) is 4.79 Å². The molecule has 118 valence electrons. The van der Waals surface area contributed by atoms with E-state index in [1.54, 1.807) is 18.2 Å². The van der Waals surface area contributed by atoms with Crippen LogP contribution in [0, 0.1) is 5.92 Å². The zero-order valence-electron chi connectivity index (χ0n) is 12.1. The highest BCUT2D eigenvalue weighted by Gasteiger charge is 2.35. The van der Waals surface area contributed by atoms with Gasteiger partial charge in [-0.25, -0.2) is 0 Å². The number of carbonyl (C=O) groups is 1. The molecular formula is C15H19ClN4O2. The van der Waals surface area contributed by atoms with Crippen LogP contribution < -0.4 is 11.1 Å². The van der Waals surface area contributed by atoms with Crippen molar-refractivity contribution in [3.63, 3.8) is 0 Å². The summed E-state index contributed by atoms with van der Waals surface area (Å²) in [7, 11) is 0. The smallest absolute Gasteiger partial charge is 0.293 e. The number of nitrogens with zero attached hydrogens (tertiary/aromatic N) is 2. The number of halogens is 1. The van der Waals surface area contributed by atoms with Crippen molar-refractivity contribution in [1.29, 1.82) is 0 Å². The lowest BCUT2D eigenvalue weighted by atomic mass is 9.84. The summed E-state index contributed by atoms with van der Waals surface area (Å²) < 4.78 is 5.28. The van der Waals surface area contributed by atoms with E-state index < -0.39 is 0 Å². The van der Waals surface area contributed by atoms with Gasteiger partial charge < -0.3 is 20.4 Å². The minimum Gasteiger partial charge on any atom is -0.424 e. The van der Waals surface area contributed by atoms with E-state index in [-0.39, 0.29) is 30.4 Å². The molecule has 5 rings (SSSR count). The van der Waals surface area contributed by atoms with Gasteiger partial charge in [0.15, 0.2) is 5.58 Å². The summed E-state index contributed by atoms with van der Waals surface area (Å²) in [6.07, 6.45) is 2.35. The summed E-state index contributed by atoms with van der Waals surface area (Å²) in [6.45, 7) is 3.27. The van der Waals surface area contributed by atoms with Crippen molar-refractivity contribution >= 4 is 35.4 Å². The number of para-hydroxylation sites is 1. The van der Waals surface area contributed by atoms with Crippen molar-refractivity contribution in [1.82, 2.24) is 15.2 Å². The first-order chi connectivity index (χ1) is 10.2. The van der Waals surface area contributed by atoms with Crippen LogP contribution in [0.3, 0.4) is 0 Å². The molecule has 0 aliphatic carbocycles. The number of hydrogen-bond donors (Lipinski definition) is 2. The van der Waals surface area contributed by atoms with E-state index in [4.69, 9.17) is 10.2 Å². The van der Waals surface area contributed by atoms with E-state index in [0.717, 1.165) is 19.6 Å². The standard InChI is InChI=1S/C15H18N4O2.ClH/c16-15-18-13-10(2-1-3-12(13)21-15)14(20)17-11-8-19-6-4-9(11)5-7-19;/h1-3,9,11H,4-8H2,(H2,16,18)(H,17,20);1H/t11-;/m1./s1. The Kier molecular flexibility index (Phi) is 3.97. The molecule has 3 fully saturated rings. The number of anilines is 1. The van der Waals surface area contributed by atoms with E-state index in [2.05, 4.69) is 15.2 Å². The molecule has 0 spiro atoms. The van der Waals surface area contributed by atoms with Crippen molar-refractivity contribution in [2.45, 2.75) is 18.9 Å². The average molecular weight is 323 g/mol. The number of piperidine rings is 3. The Balaban J connectivity index is 0.00000144. The summed E-state index contributed by atoms with van der Waals surface area (Å²) >= 11 is 0. The third-order valence-corrected chi connectivity index (χ3v) is 4.65. The monoisotopic (exact) mass is 322 g/mol. The fraction of sp³-hybridized carbons (Fsp3) is 0.467. The number of benzene rings is 1. The fourth-order valence-corrected chi connectivity index (χ4v) is 3.52. The number of rotatable bonds is 2. The average Bonchev–Trinajstić information content (AvgIpc) is 2.88. The number of fused-ring (bicyclic) bond motifs is 4. The normalized spacial score (nSPS) is 26.6. The SMILES string of the molecule is Cl.Nc1nc2c(C(=O)N[C@@H]3CN4CCC3CC4)cccc2o1. The number of nitrogens with one attached hydrogen (secondary N) is 1. The van der Waals surface area contributed by atoms with Gasteiger partial charge in [-0.2, -0.15) is 4.98 Å². The maximum Gasteiger partial charge on any atom is 0.293 e. The van der Waals surface area contributed by atoms with Crippen LogP contribution >= 0.6 is 12.4 Å². The molecule has 2 bridgehead atoms. The molecule has 3 N–H and O–H groups in total. The lowest BCUT2D eigenvalue weighted by Gasteiger charge is -2.44. The van der Waals surface area contributed by atoms with Gasteiger partial charge in [-0.15, -0.1) is 12.4 Å². The molecule has 0 saturated carbocycles. The molecule has 22 heavy (non-hydrogen) atoms. The molecule has 1 amide bonds. The number of oxazole rings is 1. The molecule has 4 heterocycles. The van der Waals surface area contributed by atoms with Gasteiger partial charge >= 0.3 is 0 Å². The molecule has 6 nitrogen and oxygen atoms in total. The molecule has 0 unspecified atom stereocenters. The molecule has 1 aromatic carbocycles. The van der Waals surface area contributed by atoms with E-state index in [0.29, 0.717) is 22.6 Å². The Morgan fingerprint density at radius 2 is 2.14 bits per heavy atom. The fourth-order valence-electron chi connectivity index (χ4n) is 3.52. The maximum absolute atomic E-state index is 12.6. The zero-order valence-corrected chi connectivity index (χ0v) is 12.9. The lowest BCUT2D eigenvalue weighted by molar-refractivity contribution is 0.0621. The summed E-state index contributed by atoms with van der Waals surface area (Å²) in [6, 6.07) is 5.65. The lowest BCUT2D eigenvalue weighted by Crippen LogP contribution is -2.57. The number of amides is 1. The van der Waals surface area contributed by atoms with Gasteiger partial charge in [-0.05, 0) is 44.0 Å². The first kappa shape index (κ1) is 15.1. The van der Waals surface area contributed by atoms with E-state index >= 15 is 0 Å². The predicted molar refractivity (Wildman–Crippen MR) is 86.1 cm³/mol. The van der Waals surface area contributed by atoms with Crippen molar-refractivity contribution in [2.24, 2.45) is 5.92 Å². The Morgan fingerprint density at radius 1 is 1.36 bits per heavy atom. The number of carbonyl (C=O) groups excluding carboxylic acids is 1. The molecule has 7 heteroatoms. The molecule has 3 aliphatic rings. The van der Waals surface area contributed by atoms with Gasteiger partial charge in [0.2, 0.25) is 0 Å². The summed E-state index contributed by atoms with van der Waals surface area (Å²) in [4.78, 5) is 19.1. The number of nitrogens with two attached hydrogens (primary N) is 1. The first-order valence-electron chi connectivity index (χ1n) is 7.39. The van der Waals surface area contributed by atoms with Crippen molar-refractivity contribution in [3.8, 4) is 0 Å². The van der Waals surface area contributed by atoms with Crippen LogP contribution in [0.4, 0.5) is 6.01 Å². The Bertz CT molecular complexity index is 694. The van der Waals surface area contributed by atoms with Gasteiger partial charge in [0, 0.05) is 12.6 Å². The second-order valence-electron chi connectivity index (χ2n) is 5.92. The number of nitrogen functional groups attached to an aromatic ring is 1. The van der Waals surface area contributed by atoms with Crippen LogP contribution in [0.2, 0.25) is 0 Å². The van der Waals surface area contributed by atoms with E-state index in [1.165, 1.54) is 12.8 Å². The van der Waals surface area contributed by atoms with Crippen LogP contribution in [-0.4, -0.2) is 41.5 Å². The minimum absolute atomic E-state index is 0. The maximum atomic E-state index is 12.6. The molecule has 1 atom stereocenters. The van der Waals surface area contributed by atoms with Gasteiger partial charge in [0.05, 0.1) is 5.56 Å². The van der Waals surface area contributed by atoms with Crippen LogP contribution in [0.15, 0.2) is 22.6 Å². The zero-order chi connectivity index (χ0) is 14.4. The third-order valence-electron chi connectivity index (χ3n) is 4.65. The Labute approximate surface area is 134 Å². The number of aromatic nitrogens is 1. The molecule has 3 aliphatic heterocycles. The third kappa shape index (κ3) is 2.53. The Morgan fingerprint density at radius 3 is 2.82 bits per heavy atom. The van der Waals surface area contributed by atoms with Crippen molar-refractivity contribution in [3.05, 3.63) is 23.8 Å². The largest absolute Gasteiger partial charge is 0.424 e. The Hall–Kier alpha value is -1.79. The second-order valence-corrected chi connectivity index (χ2v) is 5.92. The van der Waals surface area contributed by atoms with Crippen molar-refractivity contribution in [2.75, 3.05) is 25.4 Å².